The van der Waals surface area contributed by atoms with Gasteiger partial charge < -0.3 is 0 Å². The minimum Gasteiger partial charge on any atom is -0.253 e. The van der Waals surface area contributed by atoms with Crippen LogP contribution in [0.5, 0.6) is 0 Å². The Morgan fingerprint density at radius 3 is 2.24 bits per heavy atom. The van der Waals surface area contributed by atoms with Crippen molar-refractivity contribution in [2.75, 3.05) is 0 Å². The second-order valence-corrected chi connectivity index (χ2v) is 3.99. The van der Waals surface area contributed by atoms with Gasteiger partial charge in [-0.3, -0.25) is 4.99 Å². The Balaban J connectivity index is 3.20. The number of allylic oxidation sites excluding steroid dienone is 2. The molecule has 17 heavy (non-hydrogen) atoms. The number of alkyl halides is 3. The van der Waals surface area contributed by atoms with Crippen LogP contribution >= 0.6 is 0 Å². The van der Waals surface area contributed by atoms with Crippen molar-refractivity contribution in [1.82, 2.24) is 0 Å². The van der Waals surface area contributed by atoms with Crippen molar-refractivity contribution in [2.24, 2.45) is 4.99 Å². The topological polar surface area (TPSA) is 12.4 Å². The van der Waals surface area contributed by atoms with E-state index in [9.17, 15) is 13.2 Å². The molecule has 1 nitrogen and oxygen atoms in total. The highest BCUT2D eigenvalue weighted by Gasteiger charge is 2.33. The molecule has 4 heteroatoms. The Kier molecular flexibility index (Phi) is 4.10. The lowest BCUT2D eigenvalue weighted by Gasteiger charge is -2.09. The van der Waals surface area contributed by atoms with E-state index in [1.807, 2.05) is 13.8 Å². The zero-order chi connectivity index (χ0) is 13.1. The molecule has 0 N–H and O–H groups in total. The Morgan fingerprint density at radius 2 is 1.71 bits per heavy atom. The molecule has 0 aromatic heterocycles. The van der Waals surface area contributed by atoms with E-state index in [1.54, 1.807) is 19.1 Å². The fraction of sp³-hybridized carbons (Fsp3) is 0.308. The van der Waals surface area contributed by atoms with E-state index >= 15 is 0 Å². The zero-order valence-corrected chi connectivity index (χ0v) is 9.97. The normalized spacial score (nSPS) is 12.5. The Labute approximate surface area is 98.7 Å². The molecule has 0 spiro atoms. The monoisotopic (exact) mass is 241 g/mol. The molecule has 1 aromatic rings. The fourth-order valence-corrected chi connectivity index (χ4v) is 1.45. The van der Waals surface area contributed by atoms with Crippen molar-refractivity contribution in [3.63, 3.8) is 0 Å². The van der Waals surface area contributed by atoms with Crippen LogP contribution in [-0.2, 0) is 6.18 Å². The number of halogens is 3. The van der Waals surface area contributed by atoms with Crippen molar-refractivity contribution >= 4 is 11.4 Å². The molecule has 0 saturated heterocycles. The number of rotatable bonds is 2. The molecule has 0 atom stereocenters. The molecule has 0 aliphatic carbocycles. The maximum Gasteiger partial charge on any atom is 0.418 e. The van der Waals surface area contributed by atoms with Gasteiger partial charge in [0.15, 0.2) is 0 Å². The van der Waals surface area contributed by atoms with E-state index < -0.39 is 11.7 Å². The van der Waals surface area contributed by atoms with E-state index in [2.05, 4.69) is 4.99 Å². The van der Waals surface area contributed by atoms with E-state index in [0.717, 1.165) is 11.6 Å². The van der Waals surface area contributed by atoms with Gasteiger partial charge in [-0.05, 0) is 39.0 Å². The first-order chi connectivity index (χ1) is 7.80. The standard InChI is InChI=1S/C13H14F3N/c1-9(2)8-10(3)17-12-7-5-4-6-11(12)13(14,15)16/h4-8H,1-3H3. The van der Waals surface area contributed by atoms with Gasteiger partial charge in [-0.1, -0.05) is 17.7 Å². The summed E-state index contributed by atoms with van der Waals surface area (Å²) in [5.74, 6) is 0. The zero-order valence-electron chi connectivity index (χ0n) is 9.97. The first-order valence-corrected chi connectivity index (χ1v) is 5.17. The van der Waals surface area contributed by atoms with Crippen LogP contribution in [0.3, 0.4) is 0 Å². The van der Waals surface area contributed by atoms with Crippen molar-refractivity contribution in [3.8, 4) is 0 Å². The molecule has 0 aliphatic rings. The van der Waals surface area contributed by atoms with Gasteiger partial charge >= 0.3 is 6.18 Å². The number of nitrogens with zero attached hydrogens (tertiary/aromatic N) is 1. The third-order valence-corrected chi connectivity index (χ3v) is 2.00. The van der Waals surface area contributed by atoms with Crippen LogP contribution < -0.4 is 0 Å². The molecular formula is C13H14F3N. The summed E-state index contributed by atoms with van der Waals surface area (Å²) in [4.78, 5) is 3.99. The quantitative estimate of drug-likeness (QED) is 0.662. The summed E-state index contributed by atoms with van der Waals surface area (Å²) in [7, 11) is 0. The largest absolute Gasteiger partial charge is 0.418 e. The van der Waals surface area contributed by atoms with E-state index in [-0.39, 0.29) is 5.69 Å². The minimum atomic E-state index is -4.37. The second-order valence-electron chi connectivity index (χ2n) is 3.99. The SMILES string of the molecule is CC(C)=CC(C)=Nc1ccccc1C(F)(F)F. The van der Waals surface area contributed by atoms with Crippen LogP contribution in [0, 0.1) is 0 Å². The summed E-state index contributed by atoms with van der Waals surface area (Å²) < 4.78 is 38.0. The highest BCUT2D eigenvalue weighted by molar-refractivity contribution is 5.95. The average Bonchev–Trinajstić information content (AvgIpc) is 2.15. The van der Waals surface area contributed by atoms with Gasteiger partial charge in [0, 0.05) is 5.71 Å². The van der Waals surface area contributed by atoms with Gasteiger partial charge in [-0.2, -0.15) is 13.2 Å². The van der Waals surface area contributed by atoms with Crippen LogP contribution in [0.4, 0.5) is 18.9 Å². The fourth-order valence-electron chi connectivity index (χ4n) is 1.45. The molecule has 0 bridgehead atoms. The molecule has 92 valence electrons. The number of hydrogen-bond donors (Lipinski definition) is 0. The summed E-state index contributed by atoms with van der Waals surface area (Å²) >= 11 is 0. The Hall–Kier alpha value is -1.58. The highest BCUT2D eigenvalue weighted by Crippen LogP contribution is 2.36. The number of benzene rings is 1. The van der Waals surface area contributed by atoms with E-state index in [4.69, 9.17) is 0 Å². The Bertz CT molecular complexity index is 452. The van der Waals surface area contributed by atoms with Gasteiger partial charge in [0.25, 0.3) is 0 Å². The first-order valence-electron chi connectivity index (χ1n) is 5.17. The predicted octanol–water partition coefficient (Wildman–Crippen LogP) is 4.76. The van der Waals surface area contributed by atoms with Crippen LogP contribution in [0.25, 0.3) is 0 Å². The number of para-hydroxylation sites is 1. The van der Waals surface area contributed by atoms with Gasteiger partial charge in [-0.15, -0.1) is 0 Å². The van der Waals surface area contributed by atoms with Gasteiger partial charge in [0.05, 0.1) is 11.3 Å². The summed E-state index contributed by atoms with van der Waals surface area (Å²) in [6.45, 7) is 5.42. The smallest absolute Gasteiger partial charge is 0.253 e. The third-order valence-electron chi connectivity index (χ3n) is 2.00. The molecule has 1 aromatic carbocycles. The molecule has 0 amide bonds. The molecule has 0 heterocycles. The van der Waals surface area contributed by atoms with E-state index in [0.29, 0.717) is 5.71 Å². The number of hydrogen-bond acceptors (Lipinski definition) is 1. The van der Waals surface area contributed by atoms with E-state index in [1.165, 1.54) is 12.1 Å². The lowest BCUT2D eigenvalue weighted by molar-refractivity contribution is -0.137. The van der Waals surface area contributed by atoms with Crippen molar-refractivity contribution in [1.29, 1.82) is 0 Å². The van der Waals surface area contributed by atoms with Crippen LogP contribution in [0.2, 0.25) is 0 Å². The minimum absolute atomic E-state index is 0.0463. The second kappa shape index (κ2) is 5.17. The van der Waals surface area contributed by atoms with Gasteiger partial charge in [-0.25, -0.2) is 0 Å². The lowest BCUT2D eigenvalue weighted by atomic mass is 10.1. The summed E-state index contributed by atoms with van der Waals surface area (Å²) in [6.07, 6.45) is -2.63. The maximum atomic E-state index is 12.7. The van der Waals surface area contributed by atoms with Crippen LogP contribution in [-0.4, -0.2) is 5.71 Å². The van der Waals surface area contributed by atoms with Gasteiger partial charge in [0.2, 0.25) is 0 Å². The molecule has 1 rings (SSSR count). The van der Waals surface area contributed by atoms with Crippen molar-refractivity contribution < 1.29 is 13.2 Å². The first kappa shape index (κ1) is 13.5. The molecule has 0 radical (unpaired) electrons. The summed E-state index contributed by atoms with van der Waals surface area (Å²) in [6, 6.07) is 5.31. The summed E-state index contributed by atoms with van der Waals surface area (Å²) in [5, 5.41) is 0. The molecule has 0 fully saturated rings. The van der Waals surface area contributed by atoms with Crippen LogP contribution in [0.1, 0.15) is 26.3 Å². The molecular weight excluding hydrogens is 227 g/mol. The predicted molar refractivity (Wildman–Crippen MR) is 63.6 cm³/mol. The molecule has 0 unspecified atom stereocenters. The maximum absolute atomic E-state index is 12.7. The van der Waals surface area contributed by atoms with Gasteiger partial charge in [0.1, 0.15) is 0 Å². The molecule has 0 saturated carbocycles. The lowest BCUT2D eigenvalue weighted by Crippen LogP contribution is -2.05. The summed E-state index contributed by atoms with van der Waals surface area (Å²) in [5.41, 5.74) is 0.800. The van der Waals surface area contributed by atoms with Crippen LogP contribution in [0.15, 0.2) is 40.9 Å². The highest BCUT2D eigenvalue weighted by atomic mass is 19.4. The van der Waals surface area contributed by atoms with Crippen molar-refractivity contribution in [3.05, 3.63) is 41.5 Å². The average molecular weight is 241 g/mol. The molecule has 0 aliphatic heterocycles. The number of aliphatic imine (C=N–C) groups is 1. The Morgan fingerprint density at radius 1 is 1.12 bits per heavy atom. The van der Waals surface area contributed by atoms with Crippen molar-refractivity contribution in [2.45, 2.75) is 26.9 Å². The third kappa shape index (κ3) is 4.06.